The summed E-state index contributed by atoms with van der Waals surface area (Å²) in [6, 6.07) is 73.9. The highest BCUT2D eigenvalue weighted by molar-refractivity contribution is 6.18. The molecule has 0 atom stereocenters. The van der Waals surface area contributed by atoms with Gasteiger partial charge in [0.25, 0.3) is 0 Å². The molecular weight excluding hydrogens is 669 g/mol. The van der Waals surface area contributed by atoms with Gasteiger partial charge in [-0.25, -0.2) is 0 Å². The van der Waals surface area contributed by atoms with Crippen LogP contribution in [0.3, 0.4) is 0 Å². The number of anilines is 3. The molecule has 0 aliphatic heterocycles. The molecule has 0 saturated carbocycles. The van der Waals surface area contributed by atoms with Crippen molar-refractivity contribution in [2.75, 3.05) is 4.90 Å². The predicted molar refractivity (Wildman–Crippen MR) is 231 cm³/mol. The maximum Gasteiger partial charge on any atom is 0.143 e. The highest BCUT2D eigenvalue weighted by Crippen LogP contribution is 2.47. The summed E-state index contributed by atoms with van der Waals surface area (Å²) in [5, 5.41) is 7.02. The smallest absolute Gasteiger partial charge is 0.143 e. The van der Waals surface area contributed by atoms with Crippen LogP contribution in [0, 0.1) is 0 Å². The van der Waals surface area contributed by atoms with E-state index in [-0.39, 0.29) is 0 Å². The quantitative estimate of drug-likeness (QED) is 0.172. The standard InChI is InChI=1S/C52H34N2O/c1-3-15-35(16-4-1)40-19-7-10-25-47(40)53(49-27-14-23-44-42-20-8-11-26-48(42)54(51(44)49)37-17-5-2-6-18-37)38-31-29-36(30-32-38)39-22-13-24-45-41(39)33-34-46-43-21-9-12-28-50(43)55-52(45)46/h1-34H. The molecule has 258 valence electrons. The van der Waals surface area contributed by atoms with Crippen LogP contribution >= 0.6 is 0 Å². The number of aromatic nitrogens is 1. The number of nitrogens with zero attached hydrogens (tertiary/aromatic N) is 2. The van der Waals surface area contributed by atoms with Gasteiger partial charge in [0.05, 0.1) is 22.4 Å². The van der Waals surface area contributed by atoms with Gasteiger partial charge in [0.1, 0.15) is 11.2 Å². The van der Waals surface area contributed by atoms with Gasteiger partial charge in [-0.15, -0.1) is 0 Å². The number of fused-ring (bicyclic) bond motifs is 8. The van der Waals surface area contributed by atoms with Crippen LogP contribution in [-0.2, 0) is 0 Å². The zero-order valence-corrected chi connectivity index (χ0v) is 29.9. The van der Waals surface area contributed by atoms with E-state index < -0.39 is 0 Å². The lowest BCUT2D eigenvalue weighted by Crippen LogP contribution is -2.12. The molecule has 11 rings (SSSR count). The Labute approximate surface area is 318 Å². The molecular formula is C52H34N2O. The van der Waals surface area contributed by atoms with Crippen molar-refractivity contribution in [3.8, 4) is 27.9 Å². The molecule has 0 N–H and O–H groups in total. The largest absolute Gasteiger partial charge is 0.455 e. The van der Waals surface area contributed by atoms with Gasteiger partial charge in [0.2, 0.25) is 0 Å². The summed E-state index contributed by atoms with van der Waals surface area (Å²) in [5.41, 5.74) is 13.3. The molecule has 0 fully saturated rings. The van der Waals surface area contributed by atoms with Crippen LogP contribution in [0.2, 0.25) is 0 Å². The maximum atomic E-state index is 6.44. The molecule has 0 amide bonds. The van der Waals surface area contributed by atoms with Crippen molar-refractivity contribution in [1.29, 1.82) is 0 Å². The first-order valence-electron chi connectivity index (χ1n) is 18.8. The second kappa shape index (κ2) is 12.6. The molecule has 3 heteroatoms. The number of rotatable bonds is 6. The zero-order chi connectivity index (χ0) is 36.3. The van der Waals surface area contributed by atoms with Gasteiger partial charge >= 0.3 is 0 Å². The first-order valence-corrected chi connectivity index (χ1v) is 18.8. The molecule has 55 heavy (non-hydrogen) atoms. The minimum absolute atomic E-state index is 0.914. The average Bonchev–Trinajstić information content (AvgIpc) is 3.82. The number of para-hydroxylation sites is 5. The topological polar surface area (TPSA) is 21.3 Å². The third-order valence-electron chi connectivity index (χ3n) is 11.0. The van der Waals surface area contributed by atoms with Crippen LogP contribution in [0.4, 0.5) is 17.1 Å². The van der Waals surface area contributed by atoms with E-state index in [1.54, 1.807) is 0 Å². The van der Waals surface area contributed by atoms with Gasteiger partial charge in [0, 0.05) is 43.9 Å². The lowest BCUT2D eigenvalue weighted by atomic mass is 9.96. The maximum absolute atomic E-state index is 6.44. The minimum Gasteiger partial charge on any atom is -0.455 e. The number of hydrogen-bond donors (Lipinski definition) is 0. The number of hydrogen-bond acceptors (Lipinski definition) is 2. The van der Waals surface area contributed by atoms with Crippen LogP contribution in [0.25, 0.3) is 82.5 Å². The van der Waals surface area contributed by atoms with E-state index in [0.717, 1.165) is 66.7 Å². The molecule has 11 aromatic rings. The van der Waals surface area contributed by atoms with Crippen LogP contribution < -0.4 is 4.90 Å². The molecule has 2 aromatic heterocycles. The van der Waals surface area contributed by atoms with E-state index in [4.69, 9.17) is 4.42 Å². The SMILES string of the molecule is c1ccc(-c2ccccc2N(c2ccc(-c3cccc4c3ccc3c5ccccc5oc43)cc2)c2cccc3c4ccccc4n(-c4ccccc4)c23)cc1. The second-order valence-electron chi connectivity index (χ2n) is 14.1. The molecule has 9 aromatic carbocycles. The van der Waals surface area contributed by atoms with Crippen molar-refractivity contribution in [2.45, 2.75) is 0 Å². The summed E-state index contributed by atoms with van der Waals surface area (Å²) in [4.78, 5) is 2.44. The van der Waals surface area contributed by atoms with Gasteiger partial charge in [0.15, 0.2) is 0 Å². The van der Waals surface area contributed by atoms with E-state index in [9.17, 15) is 0 Å². The van der Waals surface area contributed by atoms with E-state index in [1.807, 2.05) is 12.1 Å². The Morgan fingerprint density at radius 2 is 0.945 bits per heavy atom. The van der Waals surface area contributed by atoms with Crippen LogP contribution in [0.15, 0.2) is 211 Å². The number of furan rings is 1. The summed E-state index contributed by atoms with van der Waals surface area (Å²) in [5.74, 6) is 0. The Hall–Kier alpha value is -7.36. The molecule has 2 heterocycles. The Morgan fingerprint density at radius 1 is 0.364 bits per heavy atom. The van der Waals surface area contributed by atoms with E-state index in [1.165, 1.54) is 32.8 Å². The van der Waals surface area contributed by atoms with Crippen LogP contribution in [0.1, 0.15) is 0 Å². The van der Waals surface area contributed by atoms with Crippen LogP contribution in [-0.4, -0.2) is 4.57 Å². The molecule has 3 nitrogen and oxygen atoms in total. The van der Waals surface area contributed by atoms with E-state index in [2.05, 4.69) is 204 Å². The molecule has 0 unspecified atom stereocenters. The predicted octanol–water partition coefficient (Wildman–Crippen LogP) is 14.6. The van der Waals surface area contributed by atoms with Crippen molar-refractivity contribution >= 4 is 71.6 Å². The average molecular weight is 703 g/mol. The number of benzene rings is 9. The summed E-state index contributed by atoms with van der Waals surface area (Å²) >= 11 is 0. The van der Waals surface area contributed by atoms with Crippen LogP contribution in [0.5, 0.6) is 0 Å². The van der Waals surface area contributed by atoms with Gasteiger partial charge < -0.3 is 13.9 Å². The molecule has 0 spiro atoms. The molecule has 0 aliphatic carbocycles. The summed E-state index contributed by atoms with van der Waals surface area (Å²) in [7, 11) is 0. The van der Waals surface area contributed by atoms with Crippen molar-refractivity contribution < 1.29 is 4.42 Å². The highest BCUT2D eigenvalue weighted by Gasteiger charge is 2.23. The Kier molecular flexibility index (Phi) is 7.17. The molecule has 0 saturated heterocycles. The van der Waals surface area contributed by atoms with Gasteiger partial charge in [-0.05, 0) is 76.7 Å². The van der Waals surface area contributed by atoms with Crippen molar-refractivity contribution in [3.63, 3.8) is 0 Å². The normalized spacial score (nSPS) is 11.6. The van der Waals surface area contributed by atoms with E-state index in [0.29, 0.717) is 0 Å². The molecule has 0 aliphatic rings. The molecule has 0 radical (unpaired) electrons. The Balaban J connectivity index is 1.14. The fraction of sp³-hybridized carbons (Fsp3) is 0. The van der Waals surface area contributed by atoms with Crippen molar-refractivity contribution in [3.05, 3.63) is 206 Å². The summed E-state index contributed by atoms with van der Waals surface area (Å²) in [6.45, 7) is 0. The Morgan fingerprint density at radius 3 is 1.80 bits per heavy atom. The second-order valence-corrected chi connectivity index (χ2v) is 14.1. The van der Waals surface area contributed by atoms with Crippen molar-refractivity contribution in [2.24, 2.45) is 0 Å². The van der Waals surface area contributed by atoms with Gasteiger partial charge in [-0.1, -0.05) is 152 Å². The van der Waals surface area contributed by atoms with E-state index >= 15 is 0 Å². The first-order chi connectivity index (χ1) is 27.3. The minimum atomic E-state index is 0.914. The lowest BCUT2D eigenvalue weighted by Gasteiger charge is -2.29. The molecule has 0 bridgehead atoms. The van der Waals surface area contributed by atoms with Crippen molar-refractivity contribution in [1.82, 2.24) is 4.57 Å². The highest BCUT2D eigenvalue weighted by atomic mass is 16.3. The van der Waals surface area contributed by atoms with Gasteiger partial charge in [-0.3, -0.25) is 0 Å². The monoisotopic (exact) mass is 702 g/mol. The third-order valence-corrected chi connectivity index (χ3v) is 11.0. The first kappa shape index (κ1) is 31.2. The fourth-order valence-electron chi connectivity index (χ4n) is 8.55. The third kappa shape index (κ3) is 4.98. The lowest BCUT2D eigenvalue weighted by molar-refractivity contribution is 0.672. The summed E-state index contributed by atoms with van der Waals surface area (Å²) in [6.07, 6.45) is 0. The summed E-state index contributed by atoms with van der Waals surface area (Å²) < 4.78 is 8.86. The van der Waals surface area contributed by atoms with Gasteiger partial charge in [-0.2, -0.15) is 0 Å². The zero-order valence-electron chi connectivity index (χ0n) is 29.9. The Bertz CT molecular complexity index is 3190. The fourth-order valence-corrected chi connectivity index (χ4v) is 8.55.